The second kappa shape index (κ2) is 11.0. The van der Waals surface area contributed by atoms with Crippen LogP contribution in [0.5, 0.6) is 5.75 Å². The maximum absolute atomic E-state index is 12.2. The molecule has 1 aliphatic heterocycles. The Kier molecular flexibility index (Phi) is 7.23. The molecule has 0 radical (unpaired) electrons. The number of hydrogen-bond donors (Lipinski definition) is 1. The minimum atomic E-state index is -0.416. The van der Waals surface area contributed by atoms with Gasteiger partial charge in [0.05, 0.1) is 18.1 Å². The molecular formula is C28H28N6O3. The summed E-state index contributed by atoms with van der Waals surface area (Å²) in [5.41, 5.74) is 2.95. The Hall–Kier alpha value is -4.50. The maximum Gasteiger partial charge on any atom is 0.353 e. The zero-order valence-corrected chi connectivity index (χ0v) is 20.5. The van der Waals surface area contributed by atoms with E-state index >= 15 is 0 Å². The van der Waals surface area contributed by atoms with E-state index in [1.54, 1.807) is 19.2 Å². The van der Waals surface area contributed by atoms with Crippen LogP contribution in [0.2, 0.25) is 0 Å². The van der Waals surface area contributed by atoms with Crippen molar-refractivity contribution in [3.63, 3.8) is 0 Å². The standard InChI is InChI=1S/C28H28N6O3/c1-37-24-14-8-13-23(19-24)31-27-26(34(35)36)28(30-20-29-27)33-17-15-32(16-18-33)25(21-9-4-2-5-10-21)22-11-6-3-7-12-22/h2-14,19-20,25H,15-18H2,1H3,(H,29,30,31). The van der Waals surface area contributed by atoms with E-state index in [4.69, 9.17) is 4.74 Å². The van der Waals surface area contributed by atoms with Crippen molar-refractivity contribution in [3.05, 3.63) is 112 Å². The zero-order valence-electron chi connectivity index (χ0n) is 20.5. The average Bonchev–Trinajstić information content (AvgIpc) is 2.95. The van der Waals surface area contributed by atoms with Crippen LogP contribution in [-0.4, -0.2) is 53.1 Å². The van der Waals surface area contributed by atoms with E-state index in [0.717, 1.165) is 13.1 Å². The van der Waals surface area contributed by atoms with E-state index < -0.39 is 4.92 Å². The summed E-state index contributed by atoms with van der Waals surface area (Å²) in [6.07, 6.45) is 1.37. The molecule has 0 saturated carbocycles. The smallest absolute Gasteiger partial charge is 0.353 e. The number of nitrogens with one attached hydrogen (secondary N) is 1. The van der Waals surface area contributed by atoms with Crippen molar-refractivity contribution in [2.45, 2.75) is 6.04 Å². The van der Waals surface area contributed by atoms with Gasteiger partial charge in [-0.1, -0.05) is 66.7 Å². The van der Waals surface area contributed by atoms with Crippen molar-refractivity contribution >= 4 is 23.0 Å². The number of rotatable bonds is 8. The molecule has 3 aromatic carbocycles. The molecule has 0 amide bonds. The van der Waals surface area contributed by atoms with Gasteiger partial charge in [-0.2, -0.15) is 0 Å². The Morgan fingerprint density at radius 3 is 2.14 bits per heavy atom. The van der Waals surface area contributed by atoms with Crippen molar-refractivity contribution in [2.75, 3.05) is 43.5 Å². The highest BCUT2D eigenvalue weighted by Gasteiger charge is 2.32. The molecule has 1 fully saturated rings. The van der Waals surface area contributed by atoms with Crippen LogP contribution in [0.25, 0.3) is 0 Å². The average molecular weight is 497 g/mol. The number of benzene rings is 3. The highest BCUT2D eigenvalue weighted by atomic mass is 16.6. The molecule has 1 aliphatic rings. The first-order chi connectivity index (χ1) is 18.1. The van der Waals surface area contributed by atoms with E-state index in [2.05, 4.69) is 68.7 Å². The van der Waals surface area contributed by atoms with Crippen LogP contribution in [0.1, 0.15) is 17.2 Å². The van der Waals surface area contributed by atoms with Gasteiger partial charge in [-0.05, 0) is 23.3 Å². The SMILES string of the molecule is COc1cccc(Nc2ncnc(N3CCN(C(c4ccccc4)c4ccccc4)CC3)c2[N+](=O)[O-])c1. The number of anilines is 3. The van der Waals surface area contributed by atoms with Crippen molar-refractivity contribution < 1.29 is 9.66 Å². The number of nitrogens with zero attached hydrogens (tertiary/aromatic N) is 5. The second-order valence-corrected chi connectivity index (χ2v) is 8.76. The first-order valence-corrected chi connectivity index (χ1v) is 12.1. The zero-order chi connectivity index (χ0) is 25.6. The molecule has 0 atom stereocenters. The van der Waals surface area contributed by atoms with Crippen LogP contribution >= 0.6 is 0 Å². The maximum atomic E-state index is 12.2. The molecule has 0 unspecified atom stereocenters. The summed E-state index contributed by atoms with van der Waals surface area (Å²) in [6, 6.07) is 28.2. The lowest BCUT2D eigenvalue weighted by atomic mass is 9.96. The van der Waals surface area contributed by atoms with Gasteiger partial charge in [0.15, 0.2) is 0 Å². The van der Waals surface area contributed by atoms with Crippen molar-refractivity contribution in [1.29, 1.82) is 0 Å². The Bertz CT molecular complexity index is 1310. The first kappa shape index (κ1) is 24.2. The number of methoxy groups -OCH3 is 1. The molecule has 0 bridgehead atoms. The number of ether oxygens (including phenoxy) is 1. The highest BCUT2D eigenvalue weighted by molar-refractivity contribution is 5.74. The summed E-state index contributed by atoms with van der Waals surface area (Å²) in [5.74, 6) is 1.11. The van der Waals surface area contributed by atoms with Crippen LogP contribution in [0, 0.1) is 10.1 Å². The molecule has 9 nitrogen and oxygen atoms in total. The summed E-state index contributed by atoms with van der Waals surface area (Å²) in [6.45, 7) is 2.67. The van der Waals surface area contributed by atoms with Gasteiger partial charge < -0.3 is 15.0 Å². The fraction of sp³-hybridized carbons (Fsp3) is 0.214. The van der Waals surface area contributed by atoms with Crippen LogP contribution in [0.3, 0.4) is 0 Å². The second-order valence-electron chi connectivity index (χ2n) is 8.76. The van der Waals surface area contributed by atoms with Gasteiger partial charge in [-0.15, -0.1) is 0 Å². The first-order valence-electron chi connectivity index (χ1n) is 12.1. The van der Waals surface area contributed by atoms with E-state index in [9.17, 15) is 10.1 Å². The quantitative estimate of drug-likeness (QED) is 0.267. The van der Waals surface area contributed by atoms with Crippen molar-refractivity contribution in [2.24, 2.45) is 0 Å². The predicted octanol–water partition coefficient (Wildman–Crippen LogP) is 5.05. The fourth-order valence-corrected chi connectivity index (χ4v) is 4.77. The lowest BCUT2D eigenvalue weighted by molar-refractivity contribution is -0.383. The van der Waals surface area contributed by atoms with Gasteiger partial charge in [0, 0.05) is 37.9 Å². The third-order valence-corrected chi connectivity index (χ3v) is 6.53. The molecule has 1 aromatic heterocycles. The fourth-order valence-electron chi connectivity index (χ4n) is 4.77. The van der Waals surface area contributed by atoms with Crippen molar-refractivity contribution in [1.82, 2.24) is 14.9 Å². The van der Waals surface area contributed by atoms with E-state index in [0.29, 0.717) is 30.3 Å². The van der Waals surface area contributed by atoms with E-state index in [-0.39, 0.29) is 17.5 Å². The molecule has 0 aliphatic carbocycles. The molecular weight excluding hydrogens is 468 g/mol. The number of nitro groups is 1. The molecule has 37 heavy (non-hydrogen) atoms. The van der Waals surface area contributed by atoms with Gasteiger partial charge in [-0.25, -0.2) is 9.97 Å². The largest absolute Gasteiger partial charge is 0.497 e. The molecule has 4 aromatic rings. The lowest BCUT2D eigenvalue weighted by Crippen LogP contribution is -2.48. The number of hydrogen-bond acceptors (Lipinski definition) is 8. The monoisotopic (exact) mass is 496 g/mol. The van der Waals surface area contributed by atoms with Gasteiger partial charge in [0.2, 0.25) is 11.6 Å². The topological polar surface area (TPSA) is 96.7 Å². The van der Waals surface area contributed by atoms with E-state index in [1.165, 1.54) is 17.5 Å². The minimum Gasteiger partial charge on any atom is -0.497 e. The van der Waals surface area contributed by atoms with Crippen LogP contribution in [0.4, 0.5) is 23.0 Å². The third kappa shape index (κ3) is 5.36. The summed E-state index contributed by atoms with van der Waals surface area (Å²) in [5, 5.41) is 15.2. The van der Waals surface area contributed by atoms with Gasteiger partial charge >= 0.3 is 5.69 Å². The molecule has 188 valence electrons. The molecule has 0 spiro atoms. The highest BCUT2D eigenvalue weighted by Crippen LogP contribution is 2.36. The molecule has 9 heteroatoms. The lowest BCUT2D eigenvalue weighted by Gasteiger charge is -2.40. The van der Waals surface area contributed by atoms with Crippen LogP contribution in [0.15, 0.2) is 91.3 Å². The number of aromatic nitrogens is 2. The summed E-state index contributed by atoms with van der Waals surface area (Å²) in [4.78, 5) is 24.7. The summed E-state index contributed by atoms with van der Waals surface area (Å²) >= 11 is 0. The van der Waals surface area contributed by atoms with Crippen molar-refractivity contribution in [3.8, 4) is 5.75 Å². The minimum absolute atomic E-state index is 0.107. The Balaban J connectivity index is 1.39. The molecule has 5 rings (SSSR count). The van der Waals surface area contributed by atoms with Gasteiger partial charge in [0.25, 0.3) is 0 Å². The Morgan fingerprint density at radius 2 is 1.54 bits per heavy atom. The predicted molar refractivity (Wildman–Crippen MR) is 143 cm³/mol. The third-order valence-electron chi connectivity index (χ3n) is 6.53. The Labute approximate surface area is 215 Å². The summed E-state index contributed by atoms with van der Waals surface area (Å²) in [7, 11) is 1.57. The van der Waals surface area contributed by atoms with Gasteiger partial charge in [-0.3, -0.25) is 15.0 Å². The van der Waals surface area contributed by atoms with Crippen LogP contribution in [-0.2, 0) is 0 Å². The summed E-state index contributed by atoms with van der Waals surface area (Å²) < 4.78 is 5.26. The van der Waals surface area contributed by atoms with E-state index in [1.807, 2.05) is 29.2 Å². The van der Waals surface area contributed by atoms with Crippen LogP contribution < -0.4 is 15.0 Å². The molecule has 1 saturated heterocycles. The number of piperazine rings is 1. The molecule has 1 N–H and O–H groups in total. The normalized spacial score (nSPS) is 13.9. The Morgan fingerprint density at radius 1 is 0.892 bits per heavy atom. The molecule has 2 heterocycles. The van der Waals surface area contributed by atoms with Gasteiger partial charge in [0.1, 0.15) is 12.1 Å².